The van der Waals surface area contributed by atoms with Crippen LogP contribution in [0.1, 0.15) is 5.56 Å². The quantitative estimate of drug-likeness (QED) is 0.798. The summed E-state index contributed by atoms with van der Waals surface area (Å²) in [6, 6.07) is 8.35. The van der Waals surface area contributed by atoms with Gasteiger partial charge in [-0.3, -0.25) is 4.40 Å². The molecule has 0 radical (unpaired) electrons. The van der Waals surface area contributed by atoms with Gasteiger partial charge in [-0.2, -0.15) is 0 Å². The number of hydrogen-bond acceptors (Lipinski definition) is 4. The highest BCUT2D eigenvalue weighted by Gasteiger charge is 2.30. The lowest BCUT2D eigenvalue weighted by molar-refractivity contribution is -0.274. The monoisotopic (exact) mass is 324 g/mol. The maximum atomic E-state index is 12.1. The minimum absolute atomic E-state index is 0.182. The fraction of sp³-hybridized carbons (Fsp3) is 0.133. The number of rotatable bonds is 4. The SMILES string of the molecule is OCc1cc(Oc2ccc(OC(F)(F)F)cc2)n2ccnc2c1. The standard InChI is InChI=1S/C15H11F3N2O3/c16-15(17,18)23-12-3-1-11(2-4-12)22-14-8-10(9-21)7-13-19-5-6-20(13)14/h1-8,21H,9H2. The van der Waals surface area contributed by atoms with E-state index in [0.29, 0.717) is 22.8 Å². The second-order valence-electron chi connectivity index (χ2n) is 4.64. The normalized spacial score (nSPS) is 11.7. The van der Waals surface area contributed by atoms with Crippen LogP contribution in [0, 0.1) is 0 Å². The van der Waals surface area contributed by atoms with Gasteiger partial charge < -0.3 is 14.6 Å². The third-order valence-electron chi connectivity index (χ3n) is 2.99. The summed E-state index contributed by atoms with van der Waals surface area (Å²) in [7, 11) is 0. The van der Waals surface area contributed by atoms with Crippen LogP contribution in [0.4, 0.5) is 13.2 Å². The van der Waals surface area contributed by atoms with E-state index in [1.807, 2.05) is 0 Å². The zero-order valence-electron chi connectivity index (χ0n) is 11.6. The van der Waals surface area contributed by atoms with E-state index in [-0.39, 0.29) is 12.4 Å². The zero-order valence-corrected chi connectivity index (χ0v) is 11.6. The molecule has 2 heterocycles. The average Bonchev–Trinajstić information content (AvgIpc) is 2.96. The van der Waals surface area contributed by atoms with Gasteiger partial charge in [0.05, 0.1) is 6.61 Å². The maximum absolute atomic E-state index is 12.1. The highest BCUT2D eigenvalue weighted by Crippen LogP contribution is 2.28. The smallest absolute Gasteiger partial charge is 0.440 e. The summed E-state index contributed by atoms with van der Waals surface area (Å²) in [6.07, 6.45) is -1.49. The Bertz CT molecular complexity index is 813. The van der Waals surface area contributed by atoms with Crippen molar-refractivity contribution in [3.63, 3.8) is 0 Å². The van der Waals surface area contributed by atoms with Crippen molar-refractivity contribution < 1.29 is 27.8 Å². The molecule has 120 valence electrons. The largest absolute Gasteiger partial charge is 0.573 e. The second-order valence-corrected chi connectivity index (χ2v) is 4.64. The zero-order chi connectivity index (χ0) is 16.4. The molecule has 3 aromatic rings. The van der Waals surface area contributed by atoms with Gasteiger partial charge in [0.2, 0.25) is 5.88 Å². The summed E-state index contributed by atoms with van der Waals surface area (Å²) >= 11 is 0. The first kappa shape index (κ1) is 15.2. The van der Waals surface area contributed by atoms with Crippen molar-refractivity contribution in [3.8, 4) is 17.4 Å². The van der Waals surface area contributed by atoms with Crippen molar-refractivity contribution in [1.29, 1.82) is 0 Å². The molecule has 0 bridgehead atoms. The minimum Gasteiger partial charge on any atom is -0.440 e. The van der Waals surface area contributed by atoms with Crippen molar-refractivity contribution >= 4 is 5.65 Å². The Hall–Kier alpha value is -2.74. The van der Waals surface area contributed by atoms with E-state index in [9.17, 15) is 18.3 Å². The molecule has 0 spiro atoms. The second kappa shape index (κ2) is 5.81. The van der Waals surface area contributed by atoms with Gasteiger partial charge in [0.15, 0.2) is 0 Å². The lowest BCUT2D eigenvalue weighted by Gasteiger charge is -2.11. The number of hydrogen-bond donors (Lipinski definition) is 1. The average molecular weight is 324 g/mol. The molecule has 1 N–H and O–H groups in total. The number of halogens is 3. The molecular weight excluding hydrogens is 313 g/mol. The number of fused-ring (bicyclic) bond motifs is 1. The lowest BCUT2D eigenvalue weighted by atomic mass is 10.2. The van der Waals surface area contributed by atoms with Gasteiger partial charge in [-0.1, -0.05) is 0 Å². The Kier molecular flexibility index (Phi) is 3.83. The summed E-state index contributed by atoms with van der Waals surface area (Å²) in [5, 5.41) is 9.25. The van der Waals surface area contributed by atoms with Crippen LogP contribution in [-0.4, -0.2) is 20.9 Å². The predicted octanol–water partition coefficient (Wildman–Crippen LogP) is 3.52. The number of nitrogens with zero attached hydrogens (tertiary/aromatic N) is 2. The molecule has 5 nitrogen and oxygen atoms in total. The minimum atomic E-state index is -4.74. The van der Waals surface area contributed by atoms with Crippen LogP contribution in [0.25, 0.3) is 5.65 Å². The van der Waals surface area contributed by atoms with Crippen LogP contribution in [0.2, 0.25) is 0 Å². The number of aliphatic hydroxyl groups is 1. The van der Waals surface area contributed by atoms with Crippen molar-refractivity contribution in [1.82, 2.24) is 9.38 Å². The molecule has 0 unspecified atom stereocenters. The number of aromatic nitrogens is 2. The molecule has 0 atom stereocenters. The van der Waals surface area contributed by atoms with Crippen LogP contribution in [0.5, 0.6) is 17.4 Å². The maximum Gasteiger partial charge on any atom is 0.573 e. The molecule has 0 amide bonds. The number of benzene rings is 1. The molecular formula is C15H11F3N2O3. The third kappa shape index (κ3) is 3.54. The molecule has 8 heteroatoms. The number of ether oxygens (including phenoxy) is 2. The first-order valence-corrected chi connectivity index (χ1v) is 6.55. The number of aliphatic hydroxyl groups excluding tert-OH is 1. The number of alkyl halides is 3. The van der Waals surface area contributed by atoms with Gasteiger partial charge in [-0.05, 0) is 35.9 Å². The Morgan fingerprint density at radius 2 is 1.78 bits per heavy atom. The van der Waals surface area contributed by atoms with E-state index >= 15 is 0 Å². The molecule has 3 rings (SSSR count). The topological polar surface area (TPSA) is 56.0 Å². The molecule has 1 aromatic carbocycles. The van der Waals surface area contributed by atoms with E-state index in [4.69, 9.17) is 4.74 Å². The molecule has 2 aromatic heterocycles. The summed E-state index contributed by atoms with van der Waals surface area (Å²) in [5.74, 6) is 0.375. The van der Waals surface area contributed by atoms with E-state index in [0.717, 1.165) is 12.1 Å². The number of pyridine rings is 1. The Morgan fingerprint density at radius 3 is 2.43 bits per heavy atom. The van der Waals surface area contributed by atoms with Gasteiger partial charge in [-0.25, -0.2) is 4.98 Å². The predicted molar refractivity (Wildman–Crippen MR) is 74.3 cm³/mol. The molecule has 0 saturated carbocycles. The fourth-order valence-corrected chi connectivity index (χ4v) is 2.04. The molecule has 0 saturated heterocycles. The highest BCUT2D eigenvalue weighted by molar-refractivity contribution is 5.47. The Morgan fingerprint density at radius 1 is 1.09 bits per heavy atom. The van der Waals surface area contributed by atoms with Gasteiger partial charge in [-0.15, -0.1) is 13.2 Å². The summed E-state index contributed by atoms with van der Waals surface area (Å²) in [5.41, 5.74) is 1.19. The fourth-order valence-electron chi connectivity index (χ4n) is 2.04. The molecule has 0 aliphatic carbocycles. The van der Waals surface area contributed by atoms with Gasteiger partial charge in [0, 0.05) is 18.5 Å². The van der Waals surface area contributed by atoms with Crippen molar-refractivity contribution in [2.75, 3.05) is 0 Å². The molecule has 0 fully saturated rings. The summed E-state index contributed by atoms with van der Waals surface area (Å²) in [6.45, 7) is -0.182. The van der Waals surface area contributed by atoms with E-state index < -0.39 is 6.36 Å². The van der Waals surface area contributed by atoms with Crippen LogP contribution in [0.15, 0.2) is 48.8 Å². The highest BCUT2D eigenvalue weighted by atomic mass is 19.4. The van der Waals surface area contributed by atoms with Crippen LogP contribution in [0.3, 0.4) is 0 Å². The van der Waals surface area contributed by atoms with E-state index in [2.05, 4.69) is 9.72 Å². The van der Waals surface area contributed by atoms with Crippen molar-refractivity contribution in [2.24, 2.45) is 0 Å². The number of imidazole rings is 1. The summed E-state index contributed by atoms with van der Waals surface area (Å²) < 4.78 is 47.5. The van der Waals surface area contributed by atoms with Crippen LogP contribution < -0.4 is 9.47 Å². The Balaban J connectivity index is 1.86. The first-order valence-electron chi connectivity index (χ1n) is 6.55. The van der Waals surface area contributed by atoms with Crippen LogP contribution in [-0.2, 0) is 6.61 Å². The van der Waals surface area contributed by atoms with Gasteiger partial charge in [0.25, 0.3) is 0 Å². The van der Waals surface area contributed by atoms with E-state index in [1.54, 1.807) is 28.9 Å². The molecule has 0 aliphatic heterocycles. The van der Waals surface area contributed by atoms with Crippen molar-refractivity contribution in [3.05, 3.63) is 54.4 Å². The van der Waals surface area contributed by atoms with Crippen LogP contribution >= 0.6 is 0 Å². The first-order chi connectivity index (χ1) is 10.9. The van der Waals surface area contributed by atoms with Gasteiger partial charge in [0.1, 0.15) is 17.1 Å². The van der Waals surface area contributed by atoms with E-state index in [1.165, 1.54) is 12.1 Å². The Labute approximate surface area is 128 Å². The molecule has 23 heavy (non-hydrogen) atoms. The lowest BCUT2D eigenvalue weighted by Crippen LogP contribution is -2.16. The molecule has 0 aliphatic rings. The van der Waals surface area contributed by atoms with Crippen molar-refractivity contribution in [2.45, 2.75) is 13.0 Å². The third-order valence-corrected chi connectivity index (χ3v) is 2.99. The summed E-state index contributed by atoms with van der Waals surface area (Å²) in [4.78, 5) is 4.11. The van der Waals surface area contributed by atoms with Gasteiger partial charge >= 0.3 is 6.36 Å².